The molecule has 5 heteroatoms. The van der Waals surface area contributed by atoms with Crippen LogP contribution in [0.5, 0.6) is 5.75 Å². The van der Waals surface area contributed by atoms with Gasteiger partial charge in [0, 0.05) is 30.0 Å². The van der Waals surface area contributed by atoms with Crippen molar-refractivity contribution in [3.8, 4) is 5.75 Å². The molecule has 0 aromatic heterocycles. The number of piperidine rings is 3. The summed E-state index contributed by atoms with van der Waals surface area (Å²) < 4.78 is 5.69. The first kappa shape index (κ1) is 18.4. The number of benzene rings is 1. The number of carbonyl (C=O) groups is 1. The van der Waals surface area contributed by atoms with E-state index < -0.39 is 0 Å². The standard InChI is InChI=1S/C23H32N2O3/c1-28-20-5-3-2-4-18(20)19-14-25(23(27)16-6-8-17(26)9-7-16)21-15-10-12-24(13-11-15)22(19)21/h2-5,15-17,19,21-22,26H,6-14H2,1H3/t16?,17?,19-,21-,22-/m0/s1. The molecule has 5 fully saturated rings. The Morgan fingerprint density at radius 1 is 1.04 bits per heavy atom. The number of rotatable bonds is 3. The van der Waals surface area contributed by atoms with E-state index in [9.17, 15) is 9.90 Å². The normalized spacial score (nSPS) is 39.6. The van der Waals surface area contributed by atoms with Crippen LogP contribution >= 0.6 is 0 Å². The fraction of sp³-hybridized carbons (Fsp3) is 0.696. The van der Waals surface area contributed by atoms with Gasteiger partial charge in [0.1, 0.15) is 5.75 Å². The zero-order valence-electron chi connectivity index (χ0n) is 16.8. The Balaban J connectivity index is 1.46. The van der Waals surface area contributed by atoms with Crippen LogP contribution in [0.3, 0.4) is 0 Å². The second kappa shape index (κ2) is 7.34. The van der Waals surface area contributed by atoms with Crippen molar-refractivity contribution in [2.75, 3.05) is 26.7 Å². The number of para-hydroxylation sites is 1. The molecule has 4 heterocycles. The van der Waals surface area contributed by atoms with Crippen LogP contribution in [-0.2, 0) is 4.79 Å². The summed E-state index contributed by atoms with van der Waals surface area (Å²) in [5, 5.41) is 9.85. The third kappa shape index (κ3) is 2.94. The van der Waals surface area contributed by atoms with Gasteiger partial charge in [0.05, 0.1) is 19.3 Å². The van der Waals surface area contributed by atoms with Gasteiger partial charge in [-0.1, -0.05) is 18.2 Å². The number of fused-ring (bicyclic) bond motifs is 2. The van der Waals surface area contributed by atoms with Gasteiger partial charge in [0.2, 0.25) is 5.91 Å². The van der Waals surface area contributed by atoms with Crippen LogP contribution in [0.25, 0.3) is 0 Å². The summed E-state index contributed by atoms with van der Waals surface area (Å²) in [4.78, 5) is 18.5. The molecule has 152 valence electrons. The van der Waals surface area contributed by atoms with Crippen LogP contribution in [0.15, 0.2) is 24.3 Å². The molecule has 4 saturated heterocycles. The number of aliphatic hydroxyl groups is 1. The van der Waals surface area contributed by atoms with Crippen molar-refractivity contribution >= 4 is 5.91 Å². The SMILES string of the molecule is COc1ccccc1[C@@H]1CN(C(=O)C2CCC(O)CC2)[C@H]2C3CCN(CC3)[C@@H]12. The highest BCUT2D eigenvalue weighted by molar-refractivity contribution is 5.80. The summed E-state index contributed by atoms with van der Waals surface area (Å²) in [5.41, 5.74) is 1.25. The molecule has 2 bridgehead atoms. The maximum atomic E-state index is 13.6. The lowest BCUT2D eigenvalue weighted by Crippen LogP contribution is -2.61. The lowest BCUT2D eigenvalue weighted by Gasteiger charge is -2.51. The van der Waals surface area contributed by atoms with Gasteiger partial charge in [-0.15, -0.1) is 0 Å². The Morgan fingerprint density at radius 3 is 2.46 bits per heavy atom. The van der Waals surface area contributed by atoms with E-state index in [1.165, 1.54) is 18.4 Å². The van der Waals surface area contributed by atoms with E-state index in [0.29, 0.717) is 29.8 Å². The molecule has 28 heavy (non-hydrogen) atoms. The number of nitrogens with zero attached hydrogens (tertiary/aromatic N) is 2. The molecular formula is C23H32N2O3. The zero-order chi connectivity index (χ0) is 19.3. The van der Waals surface area contributed by atoms with Gasteiger partial charge in [0.15, 0.2) is 0 Å². The molecule has 6 rings (SSSR count). The molecule has 1 amide bonds. The number of hydrogen-bond donors (Lipinski definition) is 1. The molecule has 1 aliphatic carbocycles. The minimum Gasteiger partial charge on any atom is -0.496 e. The molecule has 1 aromatic rings. The molecule has 3 atom stereocenters. The topological polar surface area (TPSA) is 53.0 Å². The Labute approximate surface area is 167 Å². The van der Waals surface area contributed by atoms with E-state index >= 15 is 0 Å². The second-order valence-corrected chi connectivity index (χ2v) is 9.20. The summed E-state index contributed by atoms with van der Waals surface area (Å²) >= 11 is 0. The van der Waals surface area contributed by atoms with Crippen molar-refractivity contribution in [1.29, 1.82) is 0 Å². The van der Waals surface area contributed by atoms with Gasteiger partial charge in [-0.2, -0.15) is 0 Å². The van der Waals surface area contributed by atoms with Crippen LogP contribution in [0.4, 0.5) is 0 Å². The van der Waals surface area contributed by atoms with Crippen molar-refractivity contribution < 1.29 is 14.6 Å². The molecule has 1 aromatic carbocycles. The van der Waals surface area contributed by atoms with Gasteiger partial charge >= 0.3 is 0 Å². The molecule has 1 N–H and O–H groups in total. The predicted octanol–water partition coefficient (Wildman–Crippen LogP) is 2.63. The van der Waals surface area contributed by atoms with Gasteiger partial charge in [-0.25, -0.2) is 0 Å². The van der Waals surface area contributed by atoms with Crippen LogP contribution < -0.4 is 4.74 Å². The van der Waals surface area contributed by atoms with Crippen molar-refractivity contribution in [3.05, 3.63) is 29.8 Å². The number of aliphatic hydroxyl groups excluding tert-OH is 1. The maximum Gasteiger partial charge on any atom is 0.226 e. The van der Waals surface area contributed by atoms with E-state index in [-0.39, 0.29) is 12.0 Å². The highest BCUT2D eigenvalue weighted by atomic mass is 16.5. The Kier molecular flexibility index (Phi) is 4.84. The number of likely N-dealkylation sites (tertiary alicyclic amines) is 1. The number of carbonyl (C=O) groups excluding carboxylic acids is 1. The molecule has 5 nitrogen and oxygen atoms in total. The first-order valence-electron chi connectivity index (χ1n) is 11.0. The van der Waals surface area contributed by atoms with Crippen molar-refractivity contribution in [1.82, 2.24) is 9.80 Å². The lowest BCUT2D eigenvalue weighted by molar-refractivity contribution is -0.142. The number of amides is 1. The second-order valence-electron chi connectivity index (χ2n) is 9.20. The summed E-state index contributed by atoms with van der Waals surface area (Å²) in [6.45, 7) is 3.13. The predicted molar refractivity (Wildman–Crippen MR) is 107 cm³/mol. The average molecular weight is 385 g/mol. The van der Waals surface area contributed by atoms with E-state index in [0.717, 1.165) is 51.1 Å². The molecule has 1 saturated carbocycles. The molecule has 4 aliphatic heterocycles. The lowest BCUT2D eigenvalue weighted by atomic mass is 9.75. The summed E-state index contributed by atoms with van der Waals surface area (Å²) in [6.07, 6.45) is 5.42. The van der Waals surface area contributed by atoms with E-state index in [1.54, 1.807) is 7.11 Å². The minimum absolute atomic E-state index is 0.0934. The van der Waals surface area contributed by atoms with Gasteiger partial charge in [-0.05, 0) is 63.6 Å². The molecule has 0 spiro atoms. The third-order valence-corrected chi connectivity index (χ3v) is 7.86. The number of methoxy groups -OCH3 is 1. The first-order valence-corrected chi connectivity index (χ1v) is 11.0. The molecule has 5 aliphatic rings. The van der Waals surface area contributed by atoms with Crippen molar-refractivity contribution in [2.24, 2.45) is 11.8 Å². The number of hydrogen-bond acceptors (Lipinski definition) is 4. The molecule has 0 unspecified atom stereocenters. The molecule has 0 radical (unpaired) electrons. The third-order valence-electron chi connectivity index (χ3n) is 7.86. The van der Waals surface area contributed by atoms with Gasteiger partial charge < -0.3 is 14.7 Å². The fourth-order valence-corrected chi connectivity index (χ4v) is 6.48. The highest BCUT2D eigenvalue weighted by Crippen LogP contribution is 2.48. The van der Waals surface area contributed by atoms with Gasteiger partial charge in [-0.3, -0.25) is 9.69 Å². The van der Waals surface area contributed by atoms with Crippen LogP contribution in [0.1, 0.15) is 50.0 Å². The molecular weight excluding hydrogens is 352 g/mol. The minimum atomic E-state index is -0.214. The quantitative estimate of drug-likeness (QED) is 0.871. The smallest absolute Gasteiger partial charge is 0.226 e. The summed E-state index contributed by atoms with van der Waals surface area (Å²) in [6, 6.07) is 9.12. The van der Waals surface area contributed by atoms with Crippen LogP contribution in [0.2, 0.25) is 0 Å². The van der Waals surface area contributed by atoms with Crippen LogP contribution in [0, 0.1) is 11.8 Å². The maximum absolute atomic E-state index is 13.6. The van der Waals surface area contributed by atoms with E-state index in [1.807, 2.05) is 12.1 Å². The van der Waals surface area contributed by atoms with Gasteiger partial charge in [0.25, 0.3) is 0 Å². The Morgan fingerprint density at radius 2 is 1.75 bits per heavy atom. The van der Waals surface area contributed by atoms with Crippen LogP contribution in [-0.4, -0.2) is 65.7 Å². The first-order chi connectivity index (χ1) is 13.7. The van der Waals surface area contributed by atoms with E-state index in [4.69, 9.17) is 4.74 Å². The zero-order valence-corrected chi connectivity index (χ0v) is 16.8. The average Bonchev–Trinajstić information content (AvgIpc) is 3.17. The summed E-state index contributed by atoms with van der Waals surface area (Å²) in [7, 11) is 1.74. The van der Waals surface area contributed by atoms with Crippen molar-refractivity contribution in [3.63, 3.8) is 0 Å². The Hall–Kier alpha value is -1.59. The fourth-order valence-electron chi connectivity index (χ4n) is 6.48. The summed E-state index contributed by atoms with van der Waals surface area (Å²) in [5.74, 6) is 2.34. The number of ether oxygens (including phenoxy) is 1. The van der Waals surface area contributed by atoms with Crippen molar-refractivity contribution in [2.45, 2.75) is 62.6 Å². The monoisotopic (exact) mass is 384 g/mol. The largest absolute Gasteiger partial charge is 0.496 e. The Bertz CT molecular complexity index is 722. The van der Waals surface area contributed by atoms with E-state index in [2.05, 4.69) is 21.9 Å². The highest BCUT2D eigenvalue weighted by Gasteiger charge is 2.55.